The molecular formula is C9H8O6. The van der Waals surface area contributed by atoms with E-state index in [4.69, 9.17) is 10.2 Å². The highest BCUT2D eigenvalue weighted by molar-refractivity contribution is 6.16. The van der Waals surface area contributed by atoms with Crippen molar-refractivity contribution < 1.29 is 29.4 Å². The van der Waals surface area contributed by atoms with E-state index in [1.54, 1.807) is 0 Å². The smallest absolute Gasteiger partial charge is 0.308 e. The van der Waals surface area contributed by atoms with E-state index in [1.165, 1.54) is 0 Å². The molecule has 2 rings (SSSR count). The Morgan fingerprint density at radius 3 is 2.07 bits per heavy atom. The van der Waals surface area contributed by atoms with Crippen LogP contribution in [0.25, 0.3) is 0 Å². The molecule has 0 spiro atoms. The van der Waals surface area contributed by atoms with Crippen LogP contribution in [0.2, 0.25) is 0 Å². The molecule has 2 bridgehead atoms. The van der Waals surface area contributed by atoms with E-state index in [0.717, 1.165) is 0 Å². The van der Waals surface area contributed by atoms with Crippen molar-refractivity contribution in [2.75, 3.05) is 0 Å². The zero-order valence-corrected chi connectivity index (χ0v) is 7.54. The van der Waals surface area contributed by atoms with Crippen LogP contribution in [0.1, 0.15) is 6.42 Å². The third kappa shape index (κ3) is 1.10. The molecule has 2 aliphatic rings. The van der Waals surface area contributed by atoms with Crippen molar-refractivity contribution in [3.8, 4) is 0 Å². The summed E-state index contributed by atoms with van der Waals surface area (Å²) in [7, 11) is 0. The molecular weight excluding hydrogens is 204 g/mol. The van der Waals surface area contributed by atoms with Crippen LogP contribution in [0.15, 0.2) is 0 Å². The summed E-state index contributed by atoms with van der Waals surface area (Å²) in [6.07, 6.45) is -0.121. The zero-order valence-electron chi connectivity index (χ0n) is 7.54. The lowest BCUT2D eigenvalue weighted by Crippen LogP contribution is -2.38. The Bertz CT molecular complexity index is 384. The normalized spacial score (nSPS) is 38.4. The number of carboxylic acid groups (broad SMARTS) is 2. The van der Waals surface area contributed by atoms with Gasteiger partial charge in [-0.3, -0.25) is 19.2 Å². The van der Waals surface area contributed by atoms with Crippen LogP contribution in [0.5, 0.6) is 0 Å². The molecule has 6 nitrogen and oxygen atoms in total. The van der Waals surface area contributed by atoms with Crippen LogP contribution in [-0.2, 0) is 19.2 Å². The highest BCUT2D eigenvalue weighted by Crippen LogP contribution is 2.47. The van der Waals surface area contributed by atoms with Gasteiger partial charge in [0.25, 0.3) is 0 Å². The van der Waals surface area contributed by atoms with Gasteiger partial charge in [-0.2, -0.15) is 0 Å². The summed E-state index contributed by atoms with van der Waals surface area (Å²) >= 11 is 0. The van der Waals surface area contributed by atoms with Crippen LogP contribution in [0.3, 0.4) is 0 Å². The lowest BCUT2D eigenvalue weighted by Gasteiger charge is -2.21. The largest absolute Gasteiger partial charge is 0.481 e. The highest BCUT2D eigenvalue weighted by atomic mass is 16.4. The molecule has 0 radical (unpaired) electrons. The SMILES string of the molecule is O=C1C[C@H]2C(=O)[C@H]1[C@@H](C(=O)O)[C@H]2C(=O)O. The van der Waals surface area contributed by atoms with Crippen molar-refractivity contribution in [2.24, 2.45) is 23.7 Å². The van der Waals surface area contributed by atoms with Crippen LogP contribution in [0, 0.1) is 23.7 Å². The predicted octanol–water partition coefficient (Wildman–Crippen LogP) is -0.824. The maximum absolute atomic E-state index is 11.5. The van der Waals surface area contributed by atoms with Gasteiger partial charge in [0.1, 0.15) is 11.6 Å². The summed E-state index contributed by atoms with van der Waals surface area (Å²) < 4.78 is 0. The Labute approximate surface area is 83.9 Å². The number of carboxylic acids is 2. The molecule has 2 fully saturated rings. The van der Waals surface area contributed by atoms with E-state index in [2.05, 4.69) is 0 Å². The zero-order chi connectivity index (χ0) is 11.3. The van der Waals surface area contributed by atoms with Crippen LogP contribution >= 0.6 is 0 Å². The maximum atomic E-state index is 11.5. The monoisotopic (exact) mass is 212 g/mol. The minimum Gasteiger partial charge on any atom is -0.481 e. The van der Waals surface area contributed by atoms with Gasteiger partial charge < -0.3 is 10.2 Å². The average Bonchev–Trinajstić information content (AvgIpc) is 2.54. The second-order valence-corrected chi connectivity index (χ2v) is 3.89. The van der Waals surface area contributed by atoms with Gasteiger partial charge in [0.05, 0.1) is 17.8 Å². The molecule has 0 unspecified atom stereocenters. The van der Waals surface area contributed by atoms with Crippen LogP contribution in [-0.4, -0.2) is 33.7 Å². The Morgan fingerprint density at radius 2 is 1.60 bits per heavy atom. The summed E-state index contributed by atoms with van der Waals surface area (Å²) in [5.41, 5.74) is 0. The molecule has 0 heterocycles. The van der Waals surface area contributed by atoms with Gasteiger partial charge in [-0.05, 0) is 0 Å². The molecule has 0 aliphatic heterocycles. The number of carbonyl (C=O) groups is 4. The number of hydrogen-bond donors (Lipinski definition) is 2. The summed E-state index contributed by atoms with van der Waals surface area (Å²) in [6.45, 7) is 0. The molecule has 6 heteroatoms. The van der Waals surface area contributed by atoms with E-state index < -0.39 is 47.2 Å². The minimum absolute atomic E-state index is 0.121. The van der Waals surface area contributed by atoms with E-state index >= 15 is 0 Å². The Balaban J connectivity index is 2.44. The first-order valence-electron chi connectivity index (χ1n) is 4.47. The third-order valence-electron chi connectivity index (χ3n) is 3.19. The Morgan fingerprint density at radius 1 is 1.07 bits per heavy atom. The third-order valence-corrected chi connectivity index (χ3v) is 3.19. The number of aliphatic carboxylic acids is 2. The lowest BCUT2D eigenvalue weighted by atomic mass is 9.79. The van der Waals surface area contributed by atoms with Gasteiger partial charge in [-0.1, -0.05) is 0 Å². The highest BCUT2D eigenvalue weighted by Gasteiger charge is 2.63. The molecule has 0 aromatic heterocycles. The van der Waals surface area contributed by atoms with E-state index in [9.17, 15) is 19.2 Å². The fourth-order valence-electron chi connectivity index (χ4n) is 2.59. The van der Waals surface area contributed by atoms with Crippen molar-refractivity contribution in [1.82, 2.24) is 0 Å². The molecule has 2 N–H and O–H groups in total. The Hall–Kier alpha value is -1.72. The number of rotatable bonds is 2. The summed E-state index contributed by atoms with van der Waals surface area (Å²) in [6, 6.07) is 0. The van der Waals surface area contributed by atoms with Gasteiger partial charge in [0.15, 0.2) is 0 Å². The van der Waals surface area contributed by atoms with Crippen molar-refractivity contribution >= 4 is 23.5 Å². The summed E-state index contributed by atoms with van der Waals surface area (Å²) in [5, 5.41) is 17.7. The van der Waals surface area contributed by atoms with Crippen molar-refractivity contribution in [3.63, 3.8) is 0 Å². The molecule has 0 aromatic carbocycles. The predicted molar refractivity (Wildman–Crippen MR) is 43.9 cm³/mol. The van der Waals surface area contributed by atoms with Gasteiger partial charge in [-0.25, -0.2) is 0 Å². The number of hydrogen-bond acceptors (Lipinski definition) is 4. The van der Waals surface area contributed by atoms with Crippen LogP contribution in [0.4, 0.5) is 0 Å². The van der Waals surface area contributed by atoms with Gasteiger partial charge in [-0.15, -0.1) is 0 Å². The molecule has 0 amide bonds. The summed E-state index contributed by atoms with van der Waals surface area (Å²) in [4.78, 5) is 44.4. The van der Waals surface area contributed by atoms with Crippen LogP contribution < -0.4 is 0 Å². The molecule has 15 heavy (non-hydrogen) atoms. The number of ketones is 2. The standard InChI is InChI=1S/C9H8O6/c10-3-1-2-4(8(12)13)6(9(14)15)5(3)7(2)11/h2,4-6H,1H2,(H,12,13)(H,14,15)/t2-,4+,5-,6+/m1/s1. The van der Waals surface area contributed by atoms with Gasteiger partial charge in [0.2, 0.25) is 0 Å². The first-order chi connectivity index (χ1) is 6.95. The molecule has 2 saturated carbocycles. The van der Waals surface area contributed by atoms with Gasteiger partial charge in [0, 0.05) is 12.3 Å². The number of fused-ring (bicyclic) bond motifs is 2. The maximum Gasteiger partial charge on any atom is 0.308 e. The molecule has 2 aliphatic carbocycles. The fourth-order valence-corrected chi connectivity index (χ4v) is 2.59. The van der Waals surface area contributed by atoms with E-state index in [0.29, 0.717) is 0 Å². The van der Waals surface area contributed by atoms with Crippen molar-refractivity contribution in [3.05, 3.63) is 0 Å². The van der Waals surface area contributed by atoms with E-state index in [-0.39, 0.29) is 6.42 Å². The number of carbonyl (C=O) groups excluding carboxylic acids is 2. The van der Waals surface area contributed by atoms with Crippen molar-refractivity contribution in [2.45, 2.75) is 6.42 Å². The molecule has 0 aromatic rings. The first kappa shape index (κ1) is 9.82. The molecule has 80 valence electrons. The quantitative estimate of drug-likeness (QED) is 0.578. The molecule has 0 saturated heterocycles. The Kier molecular flexibility index (Phi) is 1.89. The topological polar surface area (TPSA) is 109 Å². The first-order valence-corrected chi connectivity index (χ1v) is 4.47. The van der Waals surface area contributed by atoms with Gasteiger partial charge >= 0.3 is 11.9 Å². The second kappa shape index (κ2) is 2.88. The lowest BCUT2D eigenvalue weighted by molar-refractivity contribution is -0.158. The minimum atomic E-state index is -1.38. The number of Topliss-reactive ketones (excluding diaryl/α,β-unsaturated/α-hetero) is 2. The van der Waals surface area contributed by atoms with E-state index in [1.807, 2.05) is 0 Å². The molecule has 4 atom stereocenters. The fraction of sp³-hybridized carbons (Fsp3) is 0.556. The van der Waals surface area contributed by atoms with Crippen molar-refractivity contribution in [1.29, 1.82) is 0 Å². The second-order valence-electron chi connectivity index (χ2n) is 3.89. The average molecular weight is 212 g/mol. The summed E-state index contributed by atoms with van der Waals surface area (Å²) in [5.74, 6) is -8.41.